The molecule has 1 aromatic carbocycles. The number of aliphatic hydroxyl groups is 2. The van der Waals surface area contributed by atoms with Gasteiger partial charge in [0.15, 0.2) is 12.2 Å². The number of likely N-dealkylation sites (N-methyl/N-ethyl adjacent to an activating group) is 1. The number of hydrogen-bond acceptors (Lipinski definition) is 8. The van der Waals surface area contributed by atoms with Crippen molar-refractivity contribution in [2.75, 3.05) is 26.3 Å². The number of carbonyl (C=O) groups is 3. The lowest BCUT2D eigenvalue weighted by molar-refractivity contribution is -0.165. The van der Waals surface area contributed by atoms with E-state index in [2.05, 4.69) is 54.3 Å². The average molecular weight is 603 g/mol. The summed E-state index contributed by atoms with van der Waals surface area (Å²) in [4.78, 5) is 35.1. The van der Waals surface area contributed by atoms with E-state index in [9.17, 15) is 14.4 Å². The van der Waals surface area contributed by atoms with Crippen molar-refractivity contribution in [3.8, 4) is 0 Å². The summed E-state index contributed by atoms with van der Waals surface area (Å²) in [6.07, 6.45) is 4.74. The molecular weight excluding hydrogens is 556 g/mol. The molecule has 4 rings (SSSR count). The predicted octanol–water partition coefficient (Wildman–Crippen LogP) is 3.19. The van der Waals surface area contributed by atoms with Crippen molar-refractivity contribution in [1.29, 1.82) is 0 Å². The van der Waals surface area contributed by atoms with Gasteiger partial charge in [-0.1, -0.05) is 32.1 Å². The van der Waals surface area contributed by atoms with Crippen LogP contribution in [0.1, 0.15) is 63.5 Å². The fourth-order valence-corrected chi connectivity index (χ4v) is 6.31. The number of carboxylic acids is 2. The van der Waals surface area contributed by atoms with Gasteiger partial charge in [-0.15, -0.1) is 6.58 Å². The summed E-state index contributed by atoms with van der Waals surface area (Å²) in [7, 11) is 0. The second kappa shape index (κ2) is 16.0. The minimum absolute atomic E-state index is 0.0291. The smallest absolute Gasteiger partial charge is 0.335 e. The summed E-state index contributed by atoms with van der Waals surface area (Å²) in [6.45, 7) is 14.1. The Morgan fingerprint density at radius 2 is 1.81 bits per heavy atom. The van der Waals surface area contributed by atoms with Crippen molar-refractivity contribution in [3.63, 3.8) is 0 Å². The molecule has 238 valence electrons. The fraction of sp³-hybridized carbons (Fsp3) is 0.594. The van der Waals surface area contributed by atoms with Crippen LogP contribution in [0.25, 0.3) is 10.9 Å². The van der Waals surface area contributed by atoms with Crippen LogP contribution in [-0.4, -0.2) is 98.5 Å². The molecule has 1 aliphatic heterocycles. The van der Waals surface area contributed by atoms with Crippen molar-refractivity contribution in [3.05, 3.63) is 48.2 Å². The molecular formula is C32H46N2O9. The minimum Gasteiger partial charge on any atom is -0.479 e. The topological polar surface area (TPSA) is 159 Å². The van der Waals surface area contributed by atoms with Gasteiger partial charge in [-0.3, -0.25) is 9.69 Å². The lowest BCUT2D eigenvalue weighted by Crippen LogP contribution is -2.51. The van der Waals surface area contributed by atoms with E-state index in [4.69, 9.17) is 29.9 Å². The molecule has 43 heavy (non-hydrogen) atoms. The van der Waals surface area contributed by atoms with Gasteiger partial charge >= 0.3 is 17.9 Å². The van der Waals surface area contributed by atoms with Crippen molar-refractivity contribution >= 4 is 28.8 Å². The molecule has 6 atom stereocenters. The normalized spacial score (nSPS) is 21.6. The molecule has 1 aliphatic carbocycles. The predicted molar refractivity (Wildman–Crippen MR) is 161 cm³/mol. The van der Waals surface area contributed by atoms with E-state index in [-0.39, 0.29) is 18.0 Å². The van der Waals surface area contributed by atoms with Gasteiger partial charge in [0, 0.05) is 48.8 Å². The fourth-order valence-electron chi connectivity index (χ4n) is 6.31. The van der Waals surface area contributed by atoms with E-state index in [1.807, 2.05) is 13.0 Å². The Morgan fingerprint density at radius 3 is 2.40 bits per heavy atom. The van der Waals surface area contributed by atoms with Gasteiger partial charge < -0.3 is 34.5 Å². The number of ether oxygens (including phenoxy) is 2. The number of likely N-dealkylation sites (tertiary alicyclic amines) is 1. The van der Waals surface area contributed by atoms with Gasteiger partial charge in [-0.2, -0.15) is 0 Å². The summed E-state index contributed by atoms with van der Waals surface area (Å²) in [5.74, 6) is -3.26. The van der Waals surface area contributed by atoms with E-state index in [0.717, 1.165) is 58.3 Å². The van der Waals surface area contributed by atoms with Crippen molar-refractivity contribution in [2.45, 2.75) is 89.7 Å². The van der Waals surface area contributed by atoms with Crippen LogP contribution in [0.15, 0.2) is 37.1 Å². The third-order valence-corrected chi connectivity index (χ3v) is 8.42. The molecule has 11 heteroatoms. The number of carboxylic acid groups (broad SMARTS) is 2. The number of fused-ring (bicyclic) bond motifs is 2. The summed E-state index contributed by atoms with van der Waals surface area (Å²) >= 11 is 0. The maximum atomic E-state index is 13.1. The van der Waals surface area contributed by atoms with Crippen molar-refractivity contribution < 1.29 is 44.3 Å². The summed E-state index contributed by atoms with van der Waals surface area (Å²) in [5, 5.41) is 33.9. The Balaban J connectivity index is 0.000000436. The average Bonchev–Trinajstić information content (AvgIpc) is 3.35. The maximum Gasteiger partial charge on any atom is 0.335 e. The highest BCUT2D eigenvalue weighted by Crippen LogP contribution is 2.45. The third kappa shape index (κ3) is 8.23. The number of allylic oxidation sites excluding steroid dienone is 1. The van der Waals surface area contributed by atoms with Crippen LogP contribution >= 0.6 is 0 Å². The van der Waals surface area contributed by atoms with Gasteiger partial charge in [-0.05, 0) is 62.8 Å². The summed E-state index contributed by atoms with van der Waals surface area (Å²) in [6, 6.07) is 7.11. The Morgan fingerprint density at radius 1 is 1.12 bits per heavy atom. The zero-order valence-corrected chi connectivity index (χ0v) is 25.4. The van der Waals surface area contributed by atoms with Crippen LogP contribution < -0.4 is 0 Å². The van der Waals surface area contributed by atoms with Crippen LogP contribution in [-0.2, 0) is 36.8 Å². The first-order valence-corrected chi connectivity index (χ1v) is 15.1. The monoisotopic (exact) mass is 602 g/mol. The lowest BCUT2D eigenvalue weighted by atomic mass is 9.72. The molecule has 1 fully saturated rings. The molecule has 2 aliphatic rings. The van der Waals surface area contributed by atoms with E-state index in [1.54, 1.807) is 0 Å². The number of carbonyl (C=O) groups excluding carboxylic acids is 1. The molecule has 1 saturated heterocycles. The standard InChI is InChI=1S/C28H40N2O3.C4H6O6/c1-5-14-30-18-20-17-26-24(23-12-9-13-25(30)27(20)23)16-21(19-29(26)7-3)28(31)33-15-10-11-22(6-2)32-8-4;5-1(3(7)8)2(6)4(9)10/h5,9,12-13,18,21-22,24,26H,1,6-8,10-11,14-17,19H2,2-4H3;1-2,5-6H,(H,7,8)(H,9,10)/t21-,22?,24-,26-;/m1./s1. The highest BCUT2D eigenvalue weighted by molar-refractivity contribution is 5.89. The number of piperidine rings is 1. The van der Waals surface area contributed by atoms with E-state index < -0.39 is 24.1 Å². The number of hydrogen-bond donors (Lipinski definition) is 4. The molecule has 0 radical (unpaired) electrons. The van der Waals surface area contributed by atoms with Crippen LogP contribution in [0.4, 0.5) is 0 Å². The van der Waals surface area contributed by atoms with E-state index in [0.29, 0.717) is 18.6 Å². The zero-order valence-electron chi connectivity index (χ0n) is 25.4. The minimum atomic E-state index is -2.27. The zero-order chi connectivity index (χ0) is 31.7. The Labute approximate surface area is 252 Å². The van der Waals surface area contributed by atoms with Crippen LogP contribution in [0.5, 0.6) is 0 Å². The van der Waals surface area contributed by atoms with Crippen molar-refractivity contribution in [1.82, 2.24) is 9.47 Å². The first kappa shape index (κ1) is 34.2. The second-order valence-corrected chi connectivity index (χ2v) is 11.1. The Bertz CT molecular complexity index is 1240. The number of aromatic nitrogens is 1. The van der Waals surface area contributed by atoms with E-state index in [1.165, 1.54) is 22.0 Å². The Kier molecular flexibility index (Phi) is 12.7. The van der Waals surface area contributed by atoms with Gasteiger partial charge in [-0.25, -0.2) is 9.59 Å². The van der Waals surface area contributed by atoms with Gasteiger partial charge in [0.1, 0.15) is 0 Å². The van der Waals surface area contributed by atoms with Gasteiger partial charge in [0.2, 0.25) is 0 Å². The molecule has 11 nitrogen and oxygen atoms in total. The first-order valence-electron chi connectivity index (χ1n) is 15.1. The maximum absolute atomic E-state index is 13.1. The molecule has 0 amide bonds. The highest BCUT2D eigenvalue weighted by Gasteiger charge is 2.43. The number of nitrogens with zero attached hydrogens (tertiary/aromatic N) is 2. The van der Waals surface area contributed by atoms with Crippen LogP contribution in [0, 0.1) is 5.92 Å². The van der Waals surface area contributed by atoms with Crippen LogP contribution in [0.2, 0.25) is 0 Å². The third-order valence-electron chi connectivity index (χ3n) is 8.42. The van der Waals surface area contributed by atoms with E-state index >= 15 is 0 Å². The van der Waals surface area contributed by atoms with Gasteiger partial charge in [0.25, 0.3) is 0 Å². The Hall–Kier alpha value is -3.25. The molecule has 3 unspecified atom stereocenters. The second-order valence-electron chi connectivity index (χ2n) is 11.1. The molecule has 0 bridgehead atoms. The molecule has 2 aromatic rings. The first-order chi connectivity index (χ1) is 20.6. The highest BCUT2D eigenvalue weighted by atomic mass is 16.5. The summed E-state index contributed by atoms with van der Waals surface area (Å²) < 4.78 is 13.8. The lowest BCUT2D eigenvalue weighted by Gasteiger charge is -2.46. The molecule has 2 heterocycles. The van der Waals surface area contributed by atoms with Crippen molar-refractivity contribution in [2.24, 2.45) is 5.92 Å². The number of aliphatic carboxylic acids is 2. The SMILES string of the molecule is C=CCn1cc2c3c(cccc31)[C@H]1C[C@@H](C(=O)OCCCC(CC)OCC)CN(CC)[C@@H]1C2.O=C(O)C(O)C(O)C(=O)O. The quantitative estimate of drug-likeness (QED) is 0.144. The largest absolute Gasteiger partial charge is 0.479 e. The molecule has 0 spiro atoms. The van der Waals surface area contributed by atoms with Crippen LogP contribution in [0.3, 0.4) is 0 Å². The summed E-state index contributed by atoms with van der Waals surface area (Å²) in [5.41, 5.74) is 4.12. The number of rotatable bonds is 14. The molecule has 0 saturated carbocycles. The number of aliphatic hydroxyl groups excluding tert-OH is 2. The number of esters is 1. The van der Waals surface area contributed by atoms with Gasteiger partial charge in [0.05, 0.1) is 18.6 Å². The molecule has 1 aromatic heterocycles. The number of benzene rings is 1. The molecule has 4 N–H and O–H groups in total.